The summed E-state index contributed by atoms with van der Waals surface area (Å²) in [5.41, 5.74) is 4.34. The number of rotatable bonds is 1. The van der Waals surface area contributed by atoms with Gasteiger partial charge in [0, 0.05) is 10.9 Å². The smallest absolute Gasteiger partial charge is 0.113 e. The van der Waals surface area contributed by atoms with Gasteiger partial charge in [0.25, 0.3) is 0 Å². The van der Waals surface area contributed by atoms with Crippen LogP contribution in [0.25, 0.3) is 22.2 Å². The maximum atomic E-state index is 4.01. The van der Waals surface area contributed by atoms with E-state index in [0.717, 1.165) is 22.2 Å². The molecule has 0 saturated heterocycles. The lowest BCUT2D eigenvalue weighted by Crippen LogP contribution is -1.81. The van der Waals surface area contributed by atoms with Crippen LogP contribution in [0, 0.1) is 6.92 Å². The number of para-hydroxylation sites is 1. The van der Waals surface area contributed by atoms with Crippen LogP contribution < -0.4 is 0 Å². The molecule has 2 heterocycles. The second kappa shape index (κ2) is 6.00. The topological polar surface area (TPSA) is 70.2 Å². The SMILES string of the molecule is Cc1ccccc1-c1cn[nH]n1.c1ccc2[nH]ncc2c1. The van der Waals surface area contributed by atoms with Gasteiger partial charge in [0.2, 0.25) is 0 Å². The van der Waals surface area contributed by atoms with Gasteiger partial charge in [-0.1, -0.05) is 42.5 Å². The molecule has 5 nitrogen and oxygen atoms in total. The van der Waals surface area contributed by atoms with Crippen LogP contribution in [0.1, 0.15) is 5.56 Å². The molecule has 5 heteroatoms. The van der Waals surface area contributed by atoms with Crippen LogP contribution in [0.3, 0.4) is 0 Å². The monoisotopic (exact) mass is 277 g/mol. The lowest BCUT2D eigenvalue weighted by molar-refractivity contribution is 0.942. The summed E-state index contributed by atoms with van der Waals surface area (Å²) in [4.78, 5) is 0. The molecule has 0 radical (unpaired) electrons. The minimum absolute atomic E-state index is 0.896. The molecule has 0 aliphatic rings. The Hall–Kier alpha value is -2.95. The summed E-state index contributed by atoms with van der Waals surface area (Å²) in [6.07, 6.45) is 3.54. The second-order valence-corrected chi connectivity index (χ2v) is 4.63. The highest BCUT2D eigenvalue weighted by Crippen LogP contribution is 2.18. The van der Waals surface area contributed by atoms with E-state index in [1.54, 1.807) is 6.20 Å². The average Bonchev–Trinajstić information content (AvgIpc) is 3.20. The van der Waals surface area contributed by atoms with E-state index >= 15 is 0 Å². The molecule has 0 unspecified atom stereocenters. The van der Waals surface area contributed by atoms with Crippen LogP contribution in [0.5, 0.6) is 0 Å². The van der Waals surface area contributed by atoms with E-state index in [1.165, 1.54) is 5.56 Å². The van der Waals surface area contributed by atoms with Gasteiger partial charge in [-0.05, 0) is 18.6 Å². The molecule has 21 heavy (non-hydrogen) atoms. The van der Waals surface area contributed by atoms with Crippen molar-refractivity contribution in [2.24, 2.45) is 0 Å². The number of H-pyrrole nitrogens is 2. The molecule has 0 saturated carbocycles. The predicted molar refractivity (Wildman–Crippen MR) is 82.6 cm³/mol. The molecule has 0 amide bonds. The zero-order valence-electron chi connectivity index (χ0n) is 11.6. The molecule has 4 rings (SSSR count). The van der Waals surface area contributed by atoms with Gasteiger partial charge in [0.1, 0.15) is 5.69 Å². The van der Waals surface area contributed by atoms with Gasteiger partial charge < -0.3 is 0 Å². The van der Waals surface area contributed by atoms with Gasteiger partial charge in [0.05, 0.1) is 17.9 Å². The van der Waals surface area contributed by atoms with Gasteiger partial charge in [-0.15, -0.1) is 0 Å². The first kappa shape index (κ1) is 13.1. The van der Waals surface area contributed by atoms with Crippen molar-refractivity contribution in [1.29, 1.82) is 0 Å². The molecule has 0 fully saturated rings. The largest absolute Gasteiger partial charge is 0.278 e. The third-order valence-electron chi connectivity index (χ3n) is 3.19. The number of fused-ring (bicyclic) bond motifs is 1. The Bertz CT molecular complexity index is 787. The first-order valence-electron chi connectivity index (χ1n) is 6.64. The van der Waals surface area contributed by atoms with Gasteiger partial charge in [-0.2, -0.15) is 20.5 Å². The number of hydrogen-bond donors (Lipinski definition) is 2. The molecule has 0 spiro atoms. The number of aromatic amines is 2. The van der Waals surface area contributed by atoms with Crippen LogP contribution in [0.4, 0.5) is 0 Å². The van der Waals surface area contributed by atoms with E-state index < -0.39 is 0 Å². The van der Waals surface area contributed by atoms with Crippen molar-refractivity contribution in [3.8, 4) is 11.3 Å². The first-order valence-corrected chi connectivity index (χ1v) is 6.64. The Labute approximate surface area is 122 Å². The Balaban J connectivity index is 0.000000131. The van der Waals surface area contributed by atoms with Crippen molar-refractivity contribution in [1.82, 2.24) is 25.6 Å². The molecule has 2 aromatic carbocycles. The number of nitrogens with one attached hydrogen (secondary N) is 2. The molecule has 2 N–H and O–H groups in total. The summed E-state index contributed by atoms with van der Waals surface area (Å²) in [6.45, 7) is 2.06. The Morgan fingerprint density at radius 3 is 2.43 bits per heavy atom. The van der Waals surface area contributed by atoms with E-state index in [2.05, 4.69) is 38.6 Å². The predicted octanol–water partition coefficient (Wildman–Crippen LogP) is 3.34. The molecule has 0 bridgehead atoms. The zero-order chi connectivity index (χ0) is 14.5. The molecule has 2 aromatic heterocycles. The zero-order valence-corrected chi connectivity index (χ0v) is 11.6. The summed E-state index contributed by atoms with van der Waals surface area (Å²) in [5, 5.41) is 18.3. The fourth-order valence-electron chi connectivity index (χ4n) is 2.07. The van der Waals surface area contributed by atoms with Crippen molar-refractivity contribution in [2.75, 3.05) is 0 Å². The minimum atomic E-state index is 0.896. The maximum Gasteiger partial charge on any atom is 0.113 e. The van der Waals surface area contributed by atoms with Crippen LogP contribution >= 0.6 is 0 Å². The van der Waals surface area contributed by atoms with Crippen LogP contribution in [-0.4, -0.2) is 25.6 Å². The van der Waals surface area contributed by atoms with Crippen molar-refractivity contribution in [3.05, 3.63) is 66.5 Å². The highest BCUT2D eigenvalue weighted by Gasteiger charge is 2.01. The first-order chi connectivity index (χ1) is 10.3. The van der Waals surface area contributed by atoms with E-state index in [0.29, 0.717) is 0 Å². The normalized spacial score (nSPS) is 10.1. The van der Waals surface area contributed by atoms with Crippen molar-refractivity contribution in [2.45, 2.75) is 6.92 Å². The van der Waals surface area contributed by atoms with Gasteiger partial charge in [-0.25, -0.2) is 0 Å². The molecule has 0 aliphatic heterocycles. The Morgan fingerprint density at radius 2 is 1.67 bits per heavy atom. The van der Waals surface area contributed by atoms with E-state index in [4.69, 9.17) is 0 Å². The molecular weight excluding hydrogens is 262 g/mol. The van der Waals surface area contributed by atoms with E-state index in [9.17, 15) is 0 Å². The summed E-state index contributed by atoms with van der Waals surface area (Å²) in [7, 11) is 0. The summed E-state index contributed by atoms with van der Waals surface area (Å²) < 4.78 is 0. The minimum Gasteiger partial charge on any atom is -0.278 e. The lowest BCUT2D eigenvalue weighted by atomic mass is 10.1. The lowest BCUT2D eigenvalue weighted by Gasteiger charge is -1.98. The highest BCUT2D eigenvalue weighted by molar-refractivity contribution is 5.77. The molecule has 0 aliphatic carbocycles. The van der Waals surface area contributed by atoms with Crippen LogP contribution in [0.15, 0.2) is 60.9 Å². The third-order valence-corrected chi connectivity index (χ3v) is 3.19. The van der Waals surface area contributed by atoms with Crippen LogP contribution in [0.2, 0.25) is 0 Å². The molecular formula is C16H15N5. The van der Waals surface area contributed by atoms with Crippen molar-refractivity contribution < 1.29 is 0 Å². The average molecular weight is 277 g/mol. The number of aryl methyl sites for hydroxylation is 1. The fraction of sp³-hybridized carbons (Fsp3) is 0.0625. The number of hydrogen-bond acceptors (Lipinski definition) is 3. The number of nitrogens with zero attached hydrogens (tertiary/aromatic N) is 3. The maximum absolute atomic E-state index is 4.01. The summed E-state index contributed by atoms with van der Waals surface area (Å²) in [5.74, 6) is 0. The Kier molecular flexibility index (Phi) is 3.73. The van der Waals surface area contributed by atoms with Crippen LogP contribution in [-0.2, 0) is 0 Å². The van der Waals surface area contributed by atoms with E-state index in [-0.39, 0.29) is 0 Å². The van der Waals surface area contributed by atoms with Crippen molar-refractivity contribution >= 4 is 10.9 Å². The highest BCUT2D eigenvalue weighted by atomic mass is 15.3. The number of aromatic nitrogens is 5. The number of benzene rings is 2. The van der Waals surface area contributed by atoms with E-state index in [1.807, 2.05) is 48.7 Å². The van der Waals surface area contributed by atoms with Gasteiger partial charge in [-0.3, -0.25) is 5.10 Å². The summed E-state index contributed by atoms with van der Waals surface area (Å²) >= 11 is 0. The van der Waals surface area contributed by atoms with Gasteiger partial charge in [0.15, 0.2) is 0 Å². The Morgan fingerprint density at radius 1 is 0.857 bits per heavy atom. The van der Waals surface area contributed by atoms with Gasteiger partial charge >= 0.3 is 0 Å². The fourth-order valence-corrected chi connectivity index (χ4v) is 2.07. The quantitative estimate of drug-likeness (QED) is 0.560. The third kappa shape index (κ3) is 2.97. The molecule has 104 valence electrons. The molecule has 4 aromatic rings. The second-order valence-electron chi connectivity index (χ2n) is 4.63. The molecule has 0 atom stereocenters. The van der Waals surface area contributed by atoms with Crippen molar-refractivity contribution in [3.63, 3.8) is 0 Å². The standard InChI is InChI=1S/C9H9N3.C7H6N2/c1-7-4-2-3-5-8(7)9-6-10-12-11-9;1-2-4-7-6(3-1)5-8-9-7/h2-6H,1H3,(H,10,11,12);1-5H,(H,8,9). The summed E-state index contributed by atoms with van der Waals surface area (Å²) in [6, 6.07) is 16.1.